The van der Waals surface area contributed by atoms with Gasteiger partial charge in [-0.2, -0.15) is 0 Å². The molecule has 1 aromatic rings. The standard InChI is InChI=1S/C16H21ClN2O2/c1-11(2)15(12-4-6-13(17)7-5-12)16(21)19-9-3-8-18-14(20)10-19/h4-7,11,15H,3,8-10H2,1-2H3,(H,18,20). The van der Waals surface area contributed by atoms with Crippen molar-refractivity contribution in [2.24, 2.45) is 5.92 Å². The van der Waals surface area contributed by atoms with Crippen LogP contribution >= 0.6 is 11.6 Å². The van der Waals surface area contributed by atoms with Gasteiger partial charge in [-0.05, 0) is 30.0 Å². The summed E-state index contributed by atoms with van der Waals surface area (Å²) in [6.07, 6.45) is 0.795. The van der Waals surface area contributed by atoms with Gasteiger partial charge in [0.05, 0.1) is 12.5 Å². The van der Waals surface area contributed by atoms with E-state index < -0.39 is 0 Å². The largest absolute Gasteiger partial charge is 0.354 e. The van der Waals surface area contributed by atoms with Crippen LogP contribution in [0.1, 0.15) is 31.7 Å². The molecule has 21 heavy (non-hydrogen) atoms. The maximum absolute atomic E-state index is 12.8. The van der Waals surface area contributed by atoms with Crippen LogP contribution in [-0.4, -0.2) is 36.3 Å². The zero-order chi connectivity index (χ0) is 15.4. The molecule has 114 valence electrons. The van der Waals surface area contributed by atoms with E-state index in [9.17, 15) is 9.59 Å². The summed E-state index contributed by atoms with van der Waals surface area (Å²) in [5.41, 5.74) is 0.948. The number of halogens is 1. The van der Waals surface area contributed by atoms with Crippen LogP contribution in [0.25, 0.3) is 0 Å². The molecule has 1 heterocycles. The van der Waals surface area contributed by atoms with Crippen molar-refractivity contribution < 1.29 is 9.59 Å². The predicted octanol–water partition coefficient (Wildman–Crippen LogP) is 2.43. The van der Waals surface area contributed by atoms with Crippen molar-refractivity contribution in [1.82, 2.24) is 10.2 Å². The number of carbonyl (C=O) groups excluding carboxylic acids is 2. The Hall–Kier alpha value is -1.55. The van der Waals surface area contributed by atoms with Gasteiger partial charge in [-0.1, -0.05) is 37.6 Å². The summed E-state index contributed by atoms with van der Waals surface area (Å²) in [6, 6.07) is 7.38. The molecule has 1 unspecified atom stereocenters. The fraction of sp³-hybridized carbons (Fsp3) is 0.500. The van der Waals surface area contributed by atoms with Gasteiger partial charge in [-0.15, -0.1) is 0 Å². The molecule has 1 fully saturated rings. The van der Waals surface area contributed by atoms with E-state index in [0.717, 1.165) is 12.0 Å². The van der Waals surface area contributed by atoms with Crippen molar-refractivity contribution in [3.8, 4) is 0 Å². The number of rotatable bonds is 3. The van der Waals surface area contributed by atoms with Gasteiger partial charge in [-0.25, -0.2) is 0 Å². The highest BCUT2D eigenvalue weighted by molar-refractivity contribution is 6.30. The van der Waals surface area contributed by atoms with E-state index >= 15 is 0 Å². The lowest BCUT2D eigenvalue weighted by molar-refractivity contribution is -0.137. The fourth-order valence-electron chi connectivity index (χ4n) is 2.67. The minimum absolute atomic E-state index is 0.0179. The van der Waals surface area contributed by atoms with E-state index in [-0.39, 0.29) is 30.2 Å². The van der Waals surface area contributed by atoms with Crippen molar-refractivity contribution in [1.29, 1.82) is 0 Å². The second-order valence-electron chi connectivity index (χ2n) is 5.74. The number of hydrogen-bond donors (Lipinski definition) is 1. The minimum Gasteiger partial charge on any atom is -0.354 e. The van der Waals surface area contributed by atoms with E-state index in [1.165, 1.54) is 0 Å². The molecule has 1 N–H and O–H groups in total. The molecule has 1 aliphatic heterocycles. The van der Waals surface area contributed by atoms with Crippen LogP contribution in [0.3, 0.4) is 0 Å². The zero-order valence-corrected chi connectivity index (χ0v) is 13.2. The summed E-state index contributed by atoms with van der Waals surface area (Å²) in [7, 11) is 0. The van der Waals surface area contributed by atoms with Crippen molar-refractivity contribution in [2.75, 3.05) is 19.6 Å². The van der Waals surface area contributed by atoms with Crippen LogP contribution < -0.4 is 5.32 Å². The summed E-state index contributed by atoms with van der Waals surface area (Å²) in [6.45, 7) is 5.45. The molecule has 0 aromatic heterocycles. The van der Waals surface area contributed by atoms with Gasteiger partial charge in [0.1, 0.15) is 0 Å². The minimum atomic E-state index is -0.242. The Balaban J connectivity index is 2.22. The zero-order valence-electron chi connectivity index (χ0n) is 12.4. The predicted molar refractivity (Wildman–Crippen MR) is 83.2 cm³/mol. The Kier molecular flexibility index (Phi) is 5.23. The van der Waals surface area contributed by atoms with Crippen LogP contribution in [0.5, 0.6) is 0 Å². The molecule has 4 nitrogen and oxygen atoms in total. The first kappa shape index (κ1) is 15.8. The van der Waals surface area contributed by atoms with E-state index in [1.54, 1.807) is 17.0 Å². The molecule has 0 radical (unpaired) electrons. The number of nitrogens with one attached hydrogen (secondary N) is 1. The first-order valence-corrected chi connectivity index (χ1v) is 7.68. The normalized spacial score (nSPS) is 17.3. The topological polar surface area (TPSA) is 49.4 Å². The summed E-state index contributed by atoms with van der Waals surface area (Å²) in [5, 5.41) is 3.45. The summed E-state index contributed by atoms with van der Waals surface area (Å²) >= 11 is 5.92. The highest BCUT2D eigenvalue weighted by atomic mass is 35.5. The fourth-order valence-corrected chi connectivity index (χ4v) is 2.80. The molecule has 2 rings (SSSR count). The monoisotopic (exact) mass is 308 g/mol. The molecule has 0 bridgehead atoms. The van der Waals surface area contributed by atoms with E-state index in [4.69, 9.17) is 11.6 Å². The molecular weight excluding hydrogens is 288 g/mol. The second-order valence-corrected chi connectivity index (χ2v) is 6.17. The lowest BCUT2D eigenvalue weighted by Crippen LogP contribution is -2.41. The molecule has 0 aliphatic carbocycles. The van der Waals surface area contributed by atoms with Crippen molar-refractivity contribution in [2.45, 2.75) is 26.2 Å². The maximum Gasteiger partial charge on any atom is 0.239 e. The third-order valence-corrected chi connectivity index (χ3v) is 3.99. The third kappa shape index (κ3) is 3.97. The van der Waals surface area contributed by atoms with Crippen LogP contribution in [-0.2, 0) is 9.59 Å². The molecule has 0 spiro atoms. The number of carbonyl (C=O) groups is 2. The SMILES string of the molecule is CC(C)C(C(=O)N1CCCNC(=O)C1)c1ccc(Cl)cc1. The van der Waals surface area contributed by atoms with E-state index in [2.05, 4.69) is 5.32 Å². The lowest BCUT2D eigenvalue weighted by atomic mass is 9.87. The molecule has 0 saturated carbocycles. The van der Waals surface area contributed by atoms with Gasteiger partial charge >= 0.3 is 0 Å². The first-order valence-electron chi connectivity index (χ1n) is 7.30. The van der Waals surface area contributed by atoms with Gasteiger partial charge in [0, 0.05) is 18.1 Å². The molecule has 1 atom stereocenters. The Morgan fingerprint density at radius 1 is 1.29 bits per heavy atom. The molecule has 1 saturated heterocycles. The van der Waals surface area contributed by atoms with Gasteiger partial charge in [0.2, 0.25) is 11.8 Å². The third-order valence-electron chi connectivity index (χ3n) is 3.73. The molecule has 1 aromatic carbocycles. The second kappa shape index (κ2) is 6.94. The Morgan fingerprint density at radius 2 is 1.95 bits per heavy atom. The van der Waals surface area contributed by atoms with Crippen LogP contribution in [0.15, 0.2) is 24.3 Å². The Bertz CT molecular complexity index is 514. The van der Waals surface area contributed by atoms with Crippen LogP contribution in [0.2, 0.25) is 5.02 Å². The van der Waals surface area contributed by atoms with Gasteiger partial charge in [0.15, 0.2) is 0 Å². The Labute approximate surface area is 130 Å². The molecule has 2 amide bonds. The number of benzene rings is 1. The van der Waals surface area contributed by atoms with E-state index in [1.807, 2.05) is 26.0 Å². The van der Waals surface area contributed by atoms with Gasteiger partial charge in [0.25, 0.3) is 0 Å². The smallest absolute Gasteiger partial charge is 0.239 e. The van der Waals surface area contributed by atoms with Gasteiger partial charge < -0.3 is 10.2 Å². The highest BCUT2D eigenvalue weighted by Gasteiger charge is 2.30. The number of hydrogen-bond acceptors (Lipinski definition) is 2. The highest BCUT2D eigenvalue weighted by Crippen LogP contribution is 2.28. The van der Waals surface area contributed by atoms with Crippen molar-refractivity contribution in [3.63, 3.8) is 0 Å². The molecular formula is C16H21ClN2O2. The van der Waals surface area contributed by atoms with Gasteiger partial charge in [-0.3, -0.25) is 9.59 Å². The first-order chi connectivity index (χ1) is 9.99. The Morgan fingerprint density at radius 3 is 2.57 bits per heavy atom. The van der Waals surface area contributed by atoms with Crippen molar-refractivity contribution >= 4 is 23.4 Å². The van der Waals surface area contributed by atoms with Crippen LogP contribution in [0, 0.1) is 5.92 Å². The number of nitrogens with zero attached hydrogens (tertiary/aromatic N) is 1. The summed E-state index contributed by atoms with van der Waals surface area (Å²) in [5.74, 6) is -0.151. The van der Waals surface area contributed by atoms with Crippen molar-refractivity contribution in [3.05, 3.63) is 34.9 Å². The lowest BCUT2D eigenvalue weighted by Gasteiger charge is -2.28. The quantitative estimate of drug-likeness (QED) is 0.932. The average molecular weight is 309 g/mol. The van der Waals surface area contributed by atoms with E-state index in [0.29, 0.717) is 18.1 Å². The molecule has 5 heteroatoms. The van der Waals surface area contributed by atoms with Crippen LogP contribution in [0.4, 0.5) is 0 Å². The maximum atomic E-state index is 12.8. The average Bonchev–Trinajstić information content (AvgIpc) is 2.65. The molecule has 1 aliphatic rings. The summed E-state index contributed by atoms with van der Waals surface area (Å²) in [4.78, 5) is 26.2. The number of amides is 2. The summed E-state index contributed by atoms with van der Waals surface area (Å²) < 4.78 is 0.